The average molecular weight is 363 g/mol. The highest BCUT2D eigenvalue weighted by molar-refractivity contribution is 5.89. The first kappa shape index (κ1) is 19.6. The third kappa shape index (κ3) is 6.27. The molecule has 0 bridgehead atoms. The topological polar surface area (TPSA) is 117 Å². The van der Waals surface area contributed by atoms with Gasteiger partial charge in [0.15, 0.2) is 6.61 Å². The summed E-state index contributed by atoms with van der Waals surface area (Å²) >= 11 is 0. The van der Waals surface area contributed by atoms with E-state index in [0.717, 1.165) is 0 Å². The van der Waals surface area contributed by atoms with Gasteiger partial charge in [-0.1, -0.05) is 0 Å². The maximum atomic E-state index is 12.0. The first-order valence-corrected chi connectivity index (χ1v) is 8.77. The summed E-state index contributed by atoms with van der Waals surface area (Å²) in [5.74, 6) is -0.716. The highest BCUT2D eigenvalue weighted by atomic mass is 16.5. The molecule has 0 aromatic heterocycles. The SMILES string of the molecule is CCNC(=O)COc1ccc(NC(=O)NC2CCC(C(=O)O)CC2)cc1. The Morgan fingerprint density at radius 1 is 1.12 bits per heavy atom. The summed E-state index contributed by atoms with van der Waals surface area (Å²) in [6.07, 6.45) is 2.49. The monoisotopic (exact) mass is 363 g/mol. The zero-order chi connectivity index (χ0) is 18.9. The first-order valence-electron chi connectivity index (χ1n) is 8.77. The second-order valence-corrected chi connectivity index (χ2v) is 6.25. The van der Waals surface area contributed by atoms with Crippen LogP contribution in [0.15, 0.2) is 24.3 Å². The molecular weight excluding hydrogens is 338 g/mol. The molecule has 0 radical (unpaired) electrons. The molecular formula is C18H25N3O5. The van der Waals surface area contributed by atoms with E-state index in [4.69, 9.17) is 9.84 Å². The van der Waals surface area contributed by atoms with Gasteiger partial charge in [-0.15, -0.1) is 0 Å². The molecule has 0 saturated heterocycles. The van der Waals surface area contributed by atoms with Gasteiger partial charge in [0.2, 0.25) is 0 Å². The van der Waals surface area contributed by atoms with Gasteiger partial charge in [0.25, 0.3) is 5.91 Å². The summed E-state index contributed by atoms with van der Waals surface area (Å²) in [5.41, 5.74) is 0.604. The van der Waals surface area contributed by atoms with Crippen molar-refractivity contribution in [3.63, 3.8) is 0 Å². The lowest BCUT2D eigenvalue weighted by Gasteiger charge is -2.26. The van der Waals surface area contributed by atoms with Crippen molar-refractivity contribution in [2.24, 2.45) is 5.92 Å². The normalized spacial score (nSPS) is 19.3. The number of likely N-dealkylation sites (N-methyl/N-ethyl adjacent to an activating group) is 1. The molecule has 0 atom stereocenters. The van der Waals surface area contributed by atoms with Crippen molar-refractivity contribution < 1.29 is 24.2 Å². The van der Waals surface area contributed by atoms with Gasteiger partial charge in [0.1, 0.15) is 5.75 Å². The number of carboxylic acids is 1. The van der Waals surface area contributed by atoms with E-state index < -0.39 is 5.97 Å². The number of benzene rings is 1. The smallest absolute Gasteiger partial charge is 0.319 e. The molecule has 8 heteroatoms. The molecule has 4 N–H and O–H groups in total. The average Bonchev–Trinajstić information content (AvgIpc) is 2.62. The fourth-order valence-electron chi connectivity index (χ4n) is 2.87. The Bertz CT molecular complexity index is 624. The molecule has 1 aromatic carbocycles. The molecule has 2 rings (SSSR count). The largest absolute Gasteiger partial charge is 0.484 e. The Kier molecular flexibility index (Phi) is 7.25. The van der Waals surface area contributed by atoms with Crippen LogP contribution >= 0.6 is 0 Å². The van der Waals surface area contributed by atoms with Crippen LogP contribution in [0.25, 0.3) is 0 Å². The van der Waals surface area contributed by atoms with E-state index in [1.54, 1.807) is 24.3 Å². The summed E-state index contributed by atoms with van der Waals surface area (Å²) < 4.78 is 5.34. The first-order chi connectivity index (χ1) is 12.5. The molecule has 0 unspecified atom stereocenters. The number of aliphatic carboxylic acids is 1. The number of urea groups is 1. The summed E-state index contributed by atoms with van der Waals surface area (Å²) in [5, 5.41) is 17.2. The third-order valence-electron chi connectivity index (χ3n) is 4.27. The second-order valence-electron chi connectivity index (χ2n) is 6.25. The minimum Gasteiger partial charge on any atom is -0.484 e. The lowest BCUT2D eigenvalue weighted by atomic mass is 9.86. The van der Waals surface area contributed by atoms with Crippen LogP contribution in [0.5, 0.6) is 5.75 Å². The summed E-state index contributed by atoms with van der Waals surface area (Å²) in [7, 11) is 0. The fourth-order valence-corrected chi connectivity index (χ4v) is 2.87. The van der Waals surface area contributed by atoms with Gasteiger partial charge >= 0.3 is 12.0 Å². The van der Waals surface area contributed by atoms with E-state index in [1.807, 2.05) is 6.92 Å². The molecule has 8 nitrogen and oxygen atoms in total. The highest BCUT2D eigenvalue weighted by Crippen LogP contribution is 2.24. The fraction of sp³-hybridized carbons (Fsp3) is 0.500. The number of carbonyl (C=O) groups excluding carboxylic acids is 2. The van der Waals surface area contributed by atoms with Gasteiger partial charge in [-0.25, -0.2) is 4.79 Å². The number of hydrogen-bond acceptors (Lipinski definition) is 4. The minimum atomic E-state index is -0.762. The molecule has 26 heavy (non-hydrogen) atoms. The zero-order valence-corrected chi connectivity index (χ0v) is 14.8. The van der Waals surface area contributed by atoms with Crippen LogP contribution in [-0.2, 0) is 9.59 Å². The van der Waals surface area contributed by atoms with Crippen molar-refractivity contribution >= 4 is 23.6 Å². The van der Waals surface area contributed by atoms with Crippen LogP contribution in [0.1, 0.15) is 32.6 Å². The predicted octanol–water partition coefficient (Wildman–Crippen LogP) is 1.97. The maximum absolute atomic E-state index is 12.0. The maximum Gasteiger partial charge on any atom is 0.319 e. The molecule has 1 aromatic rings. The molecule has 0 spiro atoms. The predicted molar refractivity (Wildman–Crippen MR) is 96.2 cm³/mol. The standard InChI is InChI=1S/C18H25N3O5/c1-2-19-16(22)11-26-15-9-7-14(8-10-15)21-18(25)20-13-5-3-12(4-6-13)17(23)24/h7-10,12-13H,2-6,11H2,1H3,(H,19,22)(H,23,24)(H2,20,21,25). The number of ether oxygens (including phenoxy) is 1. The Balaban J connectivity index is 1.73. The number of hydrogen-bond donors (Lipinski definition) is 4. The van der Waals surface area contributed by atoms with Gasteiger partial charge < -0.3 is 25.8 Å². The Morgan fingerprint density at radius 2 is 1.77 bits per heavy atom. The van der Waals surface area contributed by atoms with Crippen molar-refractivity contribution in [2.45, 2.75) is 38.6 Å². The second kappa shape index (κ2) is 9.65. The van der Waals surface area contributed by atoms with Crippen LogP contribution in [0.2, 0.25) is 0 Å². The van der Waals surface area contributed by atoms with E-state index in [0.29, 0.717) is 43.7 Å². The van der Waals surface area contributed by atoms with E-state index in [1.165, 1.54) is 0 Å². The quantitative estimate of drug-likeness (QED) is 0.591. The molecule has 1 fully saturated rings. The van der Waals surface area contributed by atoms with E-state index in [-0.39, 0.29) is 30.5 Å². The van der Waals surface area contributed by atoms with Crippen LogP contribution in [0.4, 0.5) is 10.5 Å². The third-order valence-corrected chi connectivity index (χ3v) is 4.27. The molecule has 0 heterocycles. The van der Waals surface area contributed by atoms with Gasteiger partial charge in [-0.05, 0) is 56.9 Å². The lowest BCUT2D eigenvalue weighted by molar-refractivity contribution is -0.142. The Labute approximate surface area is 152 Å². The zero-order valence-electron chi connectivity index (χ0n) is 14.8. The Morgan fingerprint density at radius 3 is 2.35 bits per heavy atom. The molecule has 3 amide bonds. The van der Waals surface area contributed by atoms with Gasteiger partial charge in [-0.2, -0.15) is 0 Å². The summed E-state index contributed by atoms with van der Waals surface area (Å²) in [6.45, 7) is 2.33. The summed E-state index contributed by atoms with van der Waals surface area (Å²) in [6, 6.07) is 6.40. The number of carbonyl (C=O) groups is 3. The van der Waals surface area contributed by atoms with E-state index in [2.05, 4.69) is 16.0 Å². The van der Waals surface area contributed by atoms with Crippen molar-refractivity contribution in [1.29, 1.82) is 0 Å². The van der Waals surface area contributed by atoms with Gasteiger partial charge in [0.05, 0.1) is 5.92 Å². The molecule has 1 aliphatic rings. The number of amides is 3. The number of nitrogens with one attached hydrogen (secondary N) is 3. The van der Waals surface area contributed by atoms with Crippen LogP contribution < -0.4 is 20.7 Å². The number of anilines is 1. The van der Waals surface area contributed by atoms with Gasteiger partial charge in [0, 0.05) is 18.3 Å². The van der Waals surface area contributed by atoms with Crippen LogP contribution in [-0.4, -0.2) is 42.2 Å². The lowest BCUT2D eigenvalue weighted by Crippen LogP contribution is -2.40. The molecule has 142 valence electrons. The minimum absolute atomic E-state index is 0.00900. The Hall–Kier alpha value is -2.77. The van der Waals surface area contributed by atoms with Crippen molar-refractivity contribution in [3.8, 4) is 5.75 Å². The van der Waals surface area contributed by atoms with Crippen molar-refractivity contribution in [3.05, 3.63) is 24.3 Å². The highest BCUT2D eigenvalue weighted by Gasteiger charge is 2.26. The van der Waals surface area contributed by atoms with Crippen molar-refractivity contribution in [1.82, 2.24) is 10.6 Å². The number of rotatable bonds is 7. The molecule has 1 aliphatic carbocycles. The number of carboxylic acid groups (broad SMARTS) is 1. The van der Waals surface area contributed by atoms with Gasteiger partial charge in [-0.3, -0.25) is 9.59 Å². The molecule has 0 aliphatic heterocycles. The summed E-state index contributed by atoms with van der Waals surface area (Å²) in [4.78, 5) is 34.3. The van der Waals surface area contributed by atoms with Crippen LogP contribution in [0.3, 0.4) is 0 Å². The van der Waals surface area contributed by atoms with Crippen LogP contribution in [0, 0.1) is 5.92 Å². The van der Waals surface area contributed by atoms with E-state index >= 15 is 0 Å². The van der Waals surface area contributed by atoms with E-state index in [9.17, 15) is 14.4 Å². The van der Waals surface area contributed by atoms with Crippen molar-refractivity contribution in [2.75, 3.05) is 18.5 Å². The molecule has 1 saturated carbocycles.